The van der Waals surface area contributed by atoms with Gasteiger partial charge in [0, 0.05) is 36.3 Å². The Morgan fingerprint density at radius 1 is 1.22 bits per heavy atom. The summed E-state index contributed by atoms with van der Waals surface area (Å²) in [6.45, 7) is 3.27. The van der Waals surface area contributed by atoms with Crippen molar-refractivity contribution >= 4 is 11.8 Å². The monoisotopic (exact) mass is 264 g/mol. The largest absolute Gasteiger partial charge is 0.255 e. The molecule has 0 bridgehead atoms. The smallest absolute Gasteiger partial charge is 0.0319 e. The van der Waals surface area contributed by atoms with Gasteiger partial charge in [0.2, 0.25) is 0 Å². The van der Waals surface area contributed by atoms with Crippen LogP contribution in [-0.4, -0.2) is 36.4 Å². The van der Waals surface area contributed by atoms with E-state index in [-0.39, 0.29) is 6.04 Å². The fourth-order valence-electron chi connectivity index (χ4n) is 2.07. The predicted octanol–water partition coefficient (Wildman–Crippen LogP) is 2.42. The van der Waals surface area contributed by atoms with Crippen molar-refractivity contribution in [3.05, 3.63) is 30.3 Å². The van der Waals surface area contributed by atoms with Gasteiger partial charge < -0.3 is 0 Å². The van der Waals surface area contributed by atoms with Crippen LogP contribution in [0, 0.1) is 0 Å². The quantitative estimate of drug-likeness (QED) is 0.769. The van der Waals surface area contributed by atoms with Crippen LogP contribution in [0.5, 0.6) is 0 Å². The van der Waals surface area contributed by atoms with Gasteiger partial charge in [0.1, 0.15) is 0 Å². The van der Waals surface area contributed by atoms with Crippen LogP contribution in [0.3, 0.4) is 0 Å². The molecule has 4 heteroatoms. The second-order valence-electron chi connectivity index (χ2n) is 4.71. The minimum Gasteiger partial charge on any atom is -0.255 e. The third-order valence-corrected chi connectivity index (χ3v) is 4.30. The second kappa shape index (κ2) is 7.79. The van der Waals surface area contributed by atoms with Crippen LogP contribution in [0.1, 0.15) is 19.3 Å². The van der Waals surface area contributed by atoms with E-state index in [0.717, 1.165) is 18.7 Å². The summed E-state index contributed by atoms with van der Waals surface area (Å²) < 4.78 is 0. The lowest BCUT2D eigenvalue weighted by Gasteiger charge is -2.17. The van der Waals surface area contributed by atoms with Gasteiger partial charge in [-0.15, -0.1) is 11.8 Å². The highest BCUT2D eigenvalue weighted by molar-refractivity contribution is 7.99. The molecule has 1 aliphatic heterocycles. The van der Waals surface area contributed by atoms with Crippen molar-refractivity contribution in [2.24, 2.45) is 0 Å². The Bertz CT molecular complexity index is 325. The lowest BCUT2D eigenvalue weighted by molar-refractivity contribution is 0.232. The van der Waals surface area contributed by atoms with Crippen LogP contribution in [0.25, 0.3) is 0 Å². The van der Waals surface area contributed by atoms with Crippen molar-refractivity contribution < 1.29 is 0 Å². The van der Waals surface area contributed by atoms with E-state index in [1.807, 2.05) is 6.07 Å². The Labute approximate surface area is 114 Å². The number of rotatable bonds is 7. The van der Waals surface area contributed by atoms with Gasteiger partial charge in [-0.05, 0) is 31.4 Å². The Kier molecular flexibility index (Phi) is 6.00. The van der Waals surface area contributed by atoms with Gasteiger partial charge in [0.25, 0.3) is 0 Å². The highest BCUT2D eigenvalue weighted by Gasteiger charge is 2.11. The number of nitrogens with zero attached hydrogens (tertiary/aromatic N) is 1. The minimum absolute atomic E-state index is 0.0188. The van der Waals surface area contributed by atoms with Crippen LogP contribution < -0.4 is 11.2 Å². The fraction of sp³-hybridized carbons (Fsp3) is 0.571. The molecule has 2 N–H and O–H groups in total. The molecule has 0 amide bonds. The minimum atomic E-state index is 0.0188. The van der Waals surface area contributed by atoms with Crippen molar-refractivity contribution in [3.8, 4) is 0 Å². The molecule has 1 aliphatic rings. The average Bonchev–Trinajstić information content (AvgIpc) is 2.91. The Morgan fingerprint density at radius 2 is 1.94 bits per heavy atom. The molecule has 0 aliphatic carbocycles. The lowest BCUT2D eigenvalue weighted by Crippen LogP contribution is -2.37. The Balaban J connectivity index is 1.56. The van der Waals surface area contributed by atoms with Crippen LogP contribution >= 0.6 is 11.8 Å². The standard InChI is InChI=1S/C14H22N3S/c15-13(8-9-16-17-10-4-5-11-17)12-18-14-6-2-1-3-7-14/h1-3,6-7,13,15-16H,4-5,8-12H2/t13-/m1/s1. The molecule has 1 heterocycles. The maximum atomic E-state index is 8.02. The van der Waals surface area contributed by atoms with E-state index in [2.05, 4.69) is 34.7 Å². The molecular formula is C14H22N3S. The molecule has 1 saturated heterocycles. The molecule has 1 radical (unpaired) electrons. The molecule has 2 rings (SSSR count). The molecule has 1 aromatic carbocycles. The zero-order valence-electron chi connectivity index (χ0n) is 10.8. The summed E-state index contributed by atoms with van der Waals surface area (Å²) in [5.74, 6) is 0.881. The van der Waals surface area contributed by atoms with Gasteiger partial charge >= 0.3 is 0 Å². The molecule has 0 unspecified atom stereocenters. The van der Waals surface area contributed by atoms with E-state index < -0.39 is 0 Å². The third-order valence-electron chi connectivity index (χ3n) is 3.13. The van der Waals surface area contributed by atoms with Crippen molar-refractivity contribution in [2.75, 3.05) is 25.4 Å². The van der Waals surface area contributed by atoms with Gasteiger partial charge in [0.15, 0.2) is 0 Å². The van der Waals surface area contributed by atoms with Gasteiger partial charge in [-0.25, -0.2) is 5.01 Å². The predicted molar refractivity (Wildman–Crippen MR) is 77.5 cm³/mol. The zero-order chi connectivity index (χ0) is 12.6. The molecule has 1 fully saturated rings. The van der Waals surface area contributed by atoms with Crippen LogP contribution in [0.15, 0.2) is 35.2 Å². The van der Waals surface area contributed by atoms with Crippen molar-refractivity contribution in [3.63, 3.8) is 0 Å². The first kappa shape index (κ1) is 13.9. The summed E-state index contributed by atoms with van der Waals surface area (Å²) >= 11 is 1.78. The molecule has 3 nitrogen and oxygen atoms in total. The summed E-state index contributed by atoms with van der Waals surface area (Å²) in [5.41, 5.74) is 11.4. The number of thioether (sulfide) groups is 1. The van der Waals surface area contributed by atoms with Crippen LogP contribution in [0.2, 0.25) is 0 Å². The van der Waals surface area contributed by atoms with Crippen LogP contribution in [0.4, 0.5) is 0 Å². The topological polar surface area (TPSA) is 39.1 Å². The van der Waals surface area contributed by atoms with Gasteiger partial charge in [-0.2, -0.15) is 0 Å². The zero-order valence-corrected chi connectivity index (χ0v) is 11.6. The van der Waals surface area contributed by atoms with E-state index >= 15 is 0 Å². The average molecular weight is 264 g/mol. The van der Waals surface area contributed by atoms with Gasteiger partial charge in [-0.3, -0.25) is 11.2 Å². The maximum absolute atomic E-state index is 8.02. The first-order valence-electron chi connectivity index (χ1n) is 6.72. The molecule has 0 spiro atoms. The summed E-state index contributed by atoms with van der Waals surface area (Å²) in [4.78, 5) is 1.27. The first-order valence-corrected chi connectivity index (χ1v) is 7.70. The van der Waals surface area contributed by atoms with Gasteiger partial charge in [0.05, 0.1) is 0 Å². The molecular weight excluding hydrogens is 242 g/mol. The van der Waals surface area contributed by atoms with Crippen molar-refractivity contribution in [1.29, 1.82) is 0 Å². The van der Waals surface area contributed by atoms with E-state index in [0.29, 0.717) is 0 Å². The van der Waals surface area contributed by atoms with E-state index in [4.69, 9.17) is 5.73 Å². The van der Waals surface area contributed by atoms with Crippen molar-refractivity contribution in [1.82, 2.24) is 16.2 Å². The summed E-state index contributed by atoms with van der Waals surface area (Å²) in [5, 5.41) is 2.29. The van der Waals surface area contributed by atoms with Crippen molar-refractivity contribution in [2.45, 2.75) is 30.2 Å². The number of nitrogens with one attached hydrogen (secondary N) is 2. The van der Waals surface area contributed by atoms with E-state index in [1.165, 1.54) is 30.8 Å². The second-order valence-corrected chi connectivity index (χ2v) is 5.81. The SMILES string of the molecule is [NH][C@H](CCNN1CCCC1)CSc1ccccc1. The first-order chi connectivity index (χ1) is 8.84. The molecule has 18 heavy (non-hydrogen) atoms. The number of hydrogen-bond acceptors (Lipinski definition) is 3. The molecule has 1 aromatic rings. The maximum Gasteiger partial charge on any atom is 0.0319 e. The summed E-state index contributed by atoms with van der Waals surface area (Å²) in [6, 6.07) is 10.4. The number of benzene rings is 1. The highest BCUT2D eigenvalue weighted by atomic mass is 32.2. The van der Waals surface area contributed by atoms with E-state index in [9.17, 15) is 0 Å². The molecule has 0 aromatic heterocycles. The summed E-state index contributed by atoms with van der Waals surface area (Å²) in [6.07, 6.45) is 3.54. The number of hydrazine groups is 1. The summed E-state index contributed by atoms with van der Waals surface area (Å²) in [7, 11) is 0. The Hall–Kier alpha value is -0.550. The molecule has 1 atom stereocenters. The molecule has 0 saturated carbocycles. The van der Waals surface area contributed by atoms with Crippen LogP contribution in [-0.2, 0) is 0 Å². The number of hydrogen-bond donors (Lipinski definition) is 1. The Morgan fingerprint density at radius 3 is 2.67 bits per heavy atom. The fourth-order valence-corrected chi connectivity index (χ4v) is 2.98. The lowest BCUT2D eigenvalue weighted by atomic mass is 10.2. The van der Waals surface area contributed by atoms with E-state index in [1.54, 1.807) is 11.8 Å². The third kappa shape index (κ3) is 4.98. The highest BCUT2D eigenvalue weighted by Crippen LogP contribution is 2.18. The molecule has 99 valence electrons. The van der Waals surface area contributed by atoms with Gasteiger partial charge in [-0.1, -0.05) is 18.2 Å². The normalized spacial score (nSPS) is 18.1.